The normalized spacial score (nSPS) is 23.5. The zero-order valence-corrected chi connectivity index (χ0v) is 16.1. The summed E-state index contributed by atoms with van der Waals surface area (Å²) in [5.74, 6) is 1.42. The number of amides is 2. The van der Waals surface area contributed by atoms with Gasteiger partial charge in [0.2, 0.25) is 11.8 Å². The van der Waals surface area contributed by atoms with Gasteiger partial charge in [-0.2, -0.15) is 0 Å². The summed E-state index contributed by atoms with van der Waals surface area (Å²) in [5, 5.41) is 2.88. The van der Waals surface area contributed by atoms with Crippen molar-refractivity contribution >= 4 is 11.8 Å². The molecule has 1 heterocycles. The lowest BCUT2D eigenvalue weighted by Crippen LogP contribution is -2.48. The quantitative estimate of drug-likeness (QED) is 0.740. The Morgan fingerprint density at radius 3 is 2.48 bits per heavy atom. The third-order valence-electron chi connectivity index (χ3n) is 5.98. The van der Waals surface area contributed by atoms with E-state index in [0.29, 0.717) is 31.5 Å². The highest BCUT2D eigenvalue weighted by Crippen LogP contribution is 2.33. The summed E-state index contributed by atoms with van der Waals surface area (Å²) in [6.07, 6.45) is 9.35. The van der Waals surface area contributed by atoms with Gasteiger partial charge in [-0.15, -0.1) is 0 Å². The van der Waals surface area contributed by atoms with E-state index in [1.165, 1.54) is 32.1 Å². The minimum absolute atomic E-state index is 0.0522. The Morgan fingerprint density at radius 1 is 1.12 bits per heavy atom. The summed E-state index contributed by atoms with van der Waals surface area (Å²) in [4.78, 5) is 27.4. The van der Waals surface area contributed by atoms with E-state index in [-0.39, 0.29) is 23.7 Å². The van der Waals surface area contributed by atoms with Crippen molar-refractivity contribution in [1.82, 2.24) is 10.2 Å². The van der Waals surface area contributed by atoms with Gasteiger partial charge < -0.3 is 16.0 Å². The highest BCUT2D eigenvalue weighted by Gasteiger charge is 2.34. The van der Waals surface area contributed by atoms with Gasteiger partial charge in [0.25, 0.3) is 0 Å². The molecule has 0 radical (unpaired) electrons. The van der Waals surface area contributed by atoms with Gasteiger partial charge in [-0.05, 0) is 31.1 Å². The lowest BCUT2D eigenvalue weighted by atomic mass is 9.78. The van der Waals surface area contributed by atoms with Crippen LogP contribution in [0.2, 0.25) is 0 Å². The van der Waals surface area contributed by atoms with Crippen LogP contribution in [0.3, 0.4) is 0 Å². The number of carbonyl (C=O) groups is 2. The molecule has 3 N–H and O–H groups in total. The van der Waals surface area contributed by atoms with E-state index in [0.717, 1.165) is 25.8 Å². The molecule has 2 fully saturated rings. The summed E-state index contributed by atoms with van der Waals surface area (Å²) >= 11 is 0. The van der Waals surface area contributed by atoms with E-state index in [1.54, 1.807) is 0 Å². The third kappa shape index (κ3) is 5.98. The molecule has 2 amide bonds. The van der Waals surface area contributed by atoms with Crippen molar-refractivity contribution < 1.29 is 9.59 Å². The summed E-state index contributed by atoms with van der Waals surface area (Å²) < 4.78 is 0. The molecule has 0 aromatic carbocycles. The topological polar surface area (TPSA) is 75.4 Å². The average molecular weight is 352 g/mol. The van der Waals surface area contributed by atoms with Crippen LogP contribution in [0.15, 0.2) is 0 Å². The Hall–Kier alpha value is -1.10. The van der Waals surface area contributed by atoms with Crippen LogP contribution in [-0.2, 0) is 9.59 Å². The van der Waals surface area contributed by atoms with Crippen molar-refractivity contribution in [2.24, 2.45) is 29.4 Å². The molecule has 0 aromatic rings. The molecular formula is C20H37N3O2. The first-order valence-corrected chi connectivity index (χ1v) is 10.3. The lowest BCUT2D eigenvalue weighted by molar-refractivity contribution is -0.141. The van der Waals surface area contributed by atoms with Crippen LogP contribution < -0.4 is 11.1 Å². The fourth-order valence-corrected chi connectivity index (χ4v) is 4.41. The minimum atomic E-state index is -0.0771. The van der Waals surface area contributed by atoms with Crippen LogP contribution in [0.1, 0.15) is 65.2 Å². The second kappa shape index (κ2) is 10.1. The van der Waals surface area contributed by atoms with E-state index in [2.05, 4.69) is 19.2 Å². The summed E-state index contributed by atoms with van der Waals surface area (Å²) in [5.41, 5.74) is 5.46. The Kier molecular flexibility index (Phi) is 8.20. The fourth-order valence-electron chi connectivity index (χ4n) is 4.41. The Balaban J connectivity index is 1.93. The van der Waals surface area contributed by atoms with Crippen molar-refractivity contribution in [3.05, 3.63) is 0 Å². The number of piperidine rings is 1. The monoisotopic (exact) mass is 351 g/mol. The highest BCUT2D eigenvalue weighted by molar-refractivity contribution is 5.82. The van der Waals surface area contributed by atoms with Gasteiger partial charge in [0.1, 0.15) is 0 Å². The van der Waals surface area contributed by atoms with E-state index < -0.39 is 0 Å². The first-order chi connectivity index (χ1) is 12.0. The maximum atomic E-state index is 13.2. The van der Waals surface area contributed by atoms with Crippen LogP contribution in [0.25, 0.3) is 0 Å². The second-order valence-electron chi connectivity index (χ2n) is 8.29. The number of nitrogens with two attached hydrogens (primary N) is 1. The third-order valence-corrected chi connectivity index (χ3v) is 5.98. The predicted octanol–water partition coefficient (Wildman–Crippen LogP) is 2.54. The molecule has 25 heavy (non-hydrogen) atoms. The van der Waals surface area contributed by atoms with Gasteiger partial charge in [-0.3, -0.25) is 9.59 Å². The highest BCUT2D eigenvalue weighted by atomic mass is 16.2. The first kappa shape index (κ1) is 20.2. The molecule has 1 saturated carbocycles. The molecule has 144 valence electrons. The molecule has 1 saturated heterocycles. The Labute approximate surface area is 153 Å². The molecule has 1 aliphatic heterocycles. The van der Waals surface area contributed by atoms with Crippen molar-refractivity contribution in [1.29, 1.82) is 0 Å². The predicted molar refractivity (Wildman–Crippen MR) is 101 cm³/mol. The van der Waals surface area contributed by atoms with E-state index in [9.17, 15) is 9.59 Å². The molecule has 2 unspecified atom stereocenters. The van der Waals surface area contributed by atoms with Crippen molar-refractivity contribution in [3.8, 4) is 0 Å². The van der Waals surface area contributed by atoms with Gasteiger partial charge in [0, 0.05) is 32.1 Å². The van der Waals surface area contributed by atoms with Gasteiger partial charge >= 0.3 is 0 Å². The number of rotatable bonds is 7. The van der Waals surface area contributed by atoms with Crippen LogP contribution in [0.4, 0.5) is 0 Å². The van der Waals surface area contributed by atoms with Crippen molar-refractivity contribution in [3.63, 3.8) is 0 Å². The molecule has 0 bridgehead atoms. The van der Waals surface area contributed by atoms with E-state index in [4.69, 9.17) is 5.73 Å². The van der Waals surface area contributed by atoms with Crippen molar-refractivity contribution in [2.45, 2.75) is 65.2 Å². The van der Waals surface area contributed by atoms with Crippen LogP contribution in [-0.4, -0.2) is 42.9 Å². The van der Waals surface area contributed by atoms with Crippen molar-refractivity contribution in [2.75, 3.05) is 26.2 Å². The van der Waals surface area contributed by atoms with Gasteiger partial charge in [0.15, 0.2) is 0 Å². The molecule has 0 spiro atoms. The standard InChI is InChI=1S/C20H37N3O2/c1-15(2)18(13-16-7-4-3-5-8-16)20(25)23-12-6-9-17(14-23)19(24)22-11-10-21/h15-18H,3-14,21H2,1-2H3,(H,22,24). The number of nitrogens with one attached hydrogen (secondary N) is 1. The SMILES string of the molecule is CC(C)C(CC1CCCCC1)C(=O)N1CCCC(C(=O)NCCN)C1. The van der Waals surface area contributed by atoms with Crippen LogP contribution in [0, 0.1) is 23.7 Å². The van der Waals surface area contributed by atoms with E-state index >= 15 is 0 Å². The maximum absolute atomic E-state index is 13.2. The van der Waals surface area contributed by atoms with Gasteiger partial charge in [-0.1, -0.05) is 46.0 Å². The zero-order valence-electron chi connectivity index (χ0n) is 16.1. The molecule has 2 aliphatic rings. The molecule has 2 rings (SSSR count). The van der Waals surface area contributed by atoms with Gasteiger partial charge in [-0.25, -0.2) is 0 Å². The minimum Gasteiger partial charge on any atom is -0.355 e. The second-order valence-corrected chi connectivity index (χ2v) is 8.29. The van der Waals surface area contributed by atoms with Gasteiger partial charge in [0.05, 0.1) is 5.92 Å². The molecule has 5 nitrogen and oxygen atoms in total. The molecule has 0 aromatic heterocycles. The van der Waals surface area contributed by atoms with E-state index in [1.807, 2.05) is 4.90 Å². The zero-order chi connectivity index (χ0) is 18.2. The lowest BCUT2D eigenvalue weighted by Gasteiger charge is -2.36. The summed E-state index contributed by atoms with van der Waals surface area (Å²) in [6, 6.07) is 0. The Morgan fingerprint density at radius 2 is 1.84 bits per heavy atom. The largest absolute Gasteiger partial charge is 0.355 e. The average Bonchev–Trinajstić information content (AvgIpc) is 2.64. The smallest absolute Gasteiger partial charge is 0.225 e. The number of hydrogen-bond acceptors (Lipinski definition) is 3. The molecule has 2 atom stereocenters. The molecule has 5 heteroatoms. The number of likely N-dealkylation sites (tertiary alicyclic amines) is 1. The molecule has 1 aliphatic carbocycles. The first-order valence-electron chi connectivity index (χ1n) is 10.3. The molecular weight excluding hydrogens is 314 g/mol. The number of nitrogens with zero attached hydrogens (tertiary/aromatic N) is 1. The maximum Gasteiger partial charge on any atom is 0.225 e. The summed E-state index contributed by atoms with van der Waals surface area (Å²) in [6.45, 7) is 6.68. The van der Waals surface area contributed by atoms with Crippen LogP contribution in [0.5, 0.6) is 0 Å². The Bertz CT molecular complexity index is 433. The number of carbonyl (C=O) groups excluding carboxylic acids is 2. The van der Waals surface area contributed by atoms with Crippen LogP contribution >= 0.6 is 0 Å². The summed E-state index contributed by atoms with van der Waals surface area (Å²) in [7, 11) is 0. The fraction of sp³-hybridized carbons (Fsp3) is 0.900. The number of hydrogen-bond donors (Lipinski definition) is 2.